The second-order valence-corrected chi connectivity index (χ2v) is 13.8. The molecule has 0 aromatic heterocycles. The molecule has 24 heavy (non-hydrogen) atoms. The van der Waals surface area contributed by atoms with E-state index in [-0.39, 0.29) is 41.0 Å². The molecule has 2 fully saturated rings. The van der Waals surface area contributed by atoms with Crippen LogP contribution in [-0.4, -0.2) is 50.8 Å². The van der Waals surface area contributed by atoms with Crippen LogP contribution in [-0.2, 0) is 14.0 Å². The van der Waals surface area contributed by atoms with Gasteiger partial charge in [0.15, 0.2) is 8.32 Å². The number of carbonyl (C=O) groups is 1. The largest absolute Gasteiger partial charge is 0.413 e. The average molecular weight is 358 g/mol. The molecule has 2 aliphatic rings. The number of amides is 1. The van der Waals surface area contributed by atoms with Gasteiger partial charge in [-0.2, -0.15) is 0 Å². The van der Waals surface area contributed by atoms with Crippen LogP contribution in [0.2, 0.25) is 18.1 Å². The van der Waals surface area contributed by atoms with Gasteiger partial charge in [-0.15, -0.1) is 0 Å². The highest BCUT2D eigenvalue weighted by Gasteiger charge is 2.52. The van der Waals surface area contributed by atoms with Crippen molar-refractivity contribution >= 4 is 14.2 Å². The highest BCUT2D eigenvalue weighted by Crippen LogP contribution is 2.41. The van der Waals surface area contributed by atoms with Crippen molar-refractivity contribution in [3.05, 3.63) is 0 Å². The molecule has 0 radical (unpaired) electrons. The van der Waals surface area contributed by atoms with E-state index in [1.54, 1.807) is 7.11 Å². The van der Waals surface area contributed by atoms with Gasteiger partial charge in [0.1, 0.15) is 0 Å². The minimum atomic E-state index is -1.93. The van der Waals surface area contributed by atoms with Crippen molar-refractivity contribution < 1.29 is 19.1 Å². The fraction of sp³-hybridized carbons (Fsp3) is 0.944. The van der Waals surface area contributed by atoms with Crippen molar-refractivity contribution in [3.63, 3.8) is 0 Å². The predicted octanol–water partition coefficient (Wildman–Crippen LogP) is 2.69. The van der Waals surface area contributed by atoms with E-state index < -0.39 is 14.4 Å². The van der Waals surface area contributed by atoms with Crippen LogP contribution in [0.25, 0.3) is 0 Å². The van der Waals surface area contributed by atoms with Crippen molar-refractivity contribution in [2.24, 2.45) is 11.8 Å². The molecule has 0 aromatic carbocycles. The monoisotopic (exact) mass is 357 g/mol. The number of methoxy groups -OCH3 is 1. The Morgan fingerprint density at radius 3 is 2.42 bits per heavy atom. The van der Waals surface area contributed by atoms with E-state index in [4.69, 9.17) is 9.16 Å². The molecule has 1 amide bonds. The van der Waals surface area contributed by atoms with Gasteiger partial charge < -0.3 is 19.6 Å². The maximum absolute atomic E-state index is 12.2. The van der Waals surface area contributed by atoms with E-state index >= 15 is 0 Å². The first-order valence-electron chi connectivity index (χ1n) is 9.18. The molecule has 1 heterocycles. The fourth-order valence-electron chi connectivity index (χ4n) is 3.83. The van der Waals surface area contributed by atoms with Crippen molar-refractivity contribution in [1.29, 1.82) is 0 Å². The first-order valence-corrected chi connectivity index (χ1v) is 12.1. The molecule has 1 saturated carbocycles. The van der Waals surface area contributed by atoms with Crippen LogP contribution < -0.4 is 5.32 Å². The summed E-state index contributed by atoms with van der Waals surface area (Å²) in [6.45, 7) is 13.1. The predicted molar refractivity (Wildman–Crippen MR) is 97.3 cm³/mol. The molecule has 0 spiro atoms. The quantitative estimate of drug-likeness (QED) is 0.586. The number of β-lactam (4-membered cyclic amide) rings is 1. The normalized spacial score (nSPS) is 36.0. The molecular weight excluding hydrogens is 322 g/mol. The Morgan fingerprint density at radius 1 is 1.29 bits per heavy atom. The number of aliphatic hydroxyl groups excluding tert-OH is 1. The Hall–Kier alpha value is -0.433. The van der Waals surface area contributed by atoms with Crippen LogP contribution in [0.5, 0.6) is 0 Å². The minimum absolute atomic E-state index is 0.00906. The average Bonchev–Trinajstić information content (AvgIpc) is 2.43. The van der Waals surface area contributed by atoms with Gasteiger partial charge in [-0.1, -0.05) is 27.2 Å². The Kier molecular flexibility index (Phi) is 5.85. The molecule has 5 nitrogen and oxygen atoms in total. The molecule has 1 unspecified atom stereocenters. The lowest BCUT2D eigenvalue weighted by Gasteiger charge is -2.50. The maximum Gasteiger partial charge on any atom is 0.228 e. The summed E-state index contributed by atoms with van der Waals surface area (Å²) in [7, 11) is -0.277. The minimum Gasteiger partial charge on any atom is -0.413 e. The summed E-state index contributed by atoms with van der Waals surface area (Å²) in [5.74, 6) is -0.0656. The van der Waals surface area contributed by atoms with E-state index in [9.17, 15) is 9.90 Å². The van der Waals surface area contributed by atoms with E-state index in [1.165, 1.54) is 0 Å². The number of nitrogens with one attached hydrogen (secondary N) is 1. The summed E-state index contributed by atoms with van der Waals surface area (Å²) in [4.78, 5) is 12.2. The lowest BCUT2D eigenvalue weighted by Crippen LogP contribution is -2.68. The Morgan fingerprint density at radius 2 is 1.92 bits per heavy atom. The molecule has 2 N–H and O–H groups in total. The smallest absolute Gasteiger partial charge is 0.228 e. The third kappa shape index (κ3) is 3.71. The maximum atomic E-state index is 12.2. The second-order valence-electron chi connectivity index (χ2n) is 9.00. The molecule has 1 aliphatic carbocycles. The summed E-state index contributed by atoms with van der Waals surface area (Å²) < 4.78 is 11.9. The SMILES string of the molecule is CO[C@H]1CCC[C@H](C2NC(=O)[C@@H]2[C@@H](C)O[Si](C)(C)C(C)(C)C)[C@@H]1O. The third-order valence-electron chi connectivity index (χ3n) is 6.40. The first kappa shape index (κ1) is 19.9. The zero-order valence-electron chi connectivity index (χ0n) is 16.3. The van der Waals surface area contributed by atoms with Gasteiger partial charge in [0.2, 0.25) is 5.91 Å². The Labute approximate surface area is 147 Å². The van der Waals surface area contributed by atoms with Gasteiger partial charge in [0, 0.05) is 19.1 Å². The number of carbonyl (C=O) groups excluding carboxylic acids is 1. The number of ether oxygens (including phenoxy) is 1. The molecule has 0 aromatic rings. The van der Waals surface area contributed by atoms with Gasteiger partial charge in [-0.25, -0.2) is 0 Å². The number of hydrogen-bond acceptors (Lipinski definition) is 4. The van der Waals surface area contributed by atoms with E-state index in [2.05, 4.69) is 39.2 Å². The molecule has 0 bridgehead atoms. The summed E-state index contributed by atoms with van der Waals surface area (Å²) >= 11 is 0. The highest BCUT2D eigenvalue weighted by molar-refractivity contribution is 6.74. The topological polar surface area (TPSA) is 67.8 Å². The molecule has 1 aliphatic heterocycles. The van der Waals surface area contributed by atoms with Gasteiger partial charge in [0.25, 0.3) is 0 Å². The molecular formula is C18H35NO4Si. The lowest BCUT2D eigenvalue weighted by atomic mass is 9.70. The zero-order valence-corrected chi connectivity index (χ0v) is 17.3. The second kappa shape index (κ2) is 7.06. The fourth-order valence-corrected chi connectivity index (χ4v) is 5.26. The van der Waals surface area contributed by atoms with Gasteiger partial charge >= 0.3 is 0 Å². The third-order valence-corrected chi connectivity index (χ3v) is 11.0. The Bertz CT molecular complexity index is 462. The van der Waals surface area contributed by atoms with E-state index in [1.807, 2.05) is 6.92 Å². The molecule has 6 heteroatoms. The van der Waals surface area contributed by atoms with Crippen molar-refractivity contribution in [2.75, 3.05) is 7.11 Å². The molecule has 6 atom stereocenters. The van der Waals surface area contributed by atoms with Crippen LogP contribution in [0, 0.1) is 11.8 Å². The molecule has 1 saturated heterocycles. The Balaban J connectivity index is 2.07. The van der Waals surface area contributed by atoms with Gasteiger partial charge in [-0.3, -0.25) is 4.79 Å². The highest BCUT2D eigenvalue weighted by atomic mass is 28.4. The standard InChI is InChI=1S/C18H35NO4Si/c1-11(23-24(6,7)18(2,3)4)14-15(19-17(14)21)12-9-8-10-13(22-5)16(12)20/h11-16,20H,8-10H2,1-7H3,(H,19,21)/t11-,12-,13+,14-,15?,16+/m1/s1. The lowest BCUT2D eigenvalue weighted by molar-refractivity contribution is -0.149. The number of hydrogen-bond donors (Lipinski definition) is 2. The summed E-state index contributed by atoms with van der Waals surface area (Å²) in [6, 6.07) is -0.00906. The molecule has 2 rings (SSSR count). The van der Waals surface area contributed by atoms with Crippen LogP contribution >= 0.6 is 0 Å². The van der Waals surface area contributed by atoms with Gasteiger partial charge in [-0.05, 0) is 37.9 Å². The van der Waals surface area contributed by atoms with Crippen molar-refractivity contribution in [2.45, 2.75) is 89.4 Å². The van der Waals surface area contributed by atoms with E-state index in [0.29, 0.717) is 0 Å². The van der Waals surface area contributed by atoms with Crippen LogP contribution in [0.15, 0.2) is 0 Å². The zero-order chi connectivity index (χ0) is 18.3. The van der Waals surface area contributed by atoms with Crippen molar-refractivity contribution in [1.82, 2.24) is 5.32 Å². The number of rotatable bonds is 5. The summed E-state index contributed by atoms with van der Waals surface area (Å²) in [6.07, 6.45) is 2.07. The van der Waals surface area contributed by atoms with Crippen molar-refractivity contribution in [3.8, 4) is 0 Å². The van der Waals surface area contributed by atoms with Gasteiger partial charge in [0.05, 0.1) is 24.2 Å². The first-order chi connectivity index (χ1) is 11.0. The summed E-state index contributed by atoms with van der Waals surface area (Å²) in [5, 5.41) is 13.7. The van der Waals surface area contributed by atoms with E-state index in [0.717, 1.165) is 19.3 Å². The summed E-state index contributed by atoms with van der Waals surface area (Å²) in [5.41, 5.74) is 0. The number of aliphatic hydroxyl groups is 1. The van der Waals surface area contributed by atoms with Crippen LogP contribution in [0.4, 0.5) is 0 Å². The molecule has 140 valence electrons. The van der Waals surface area contributed by atoms with Crippen LogP contribution in [0.3, 0.4) is 0 Å². The van der Waals surface area contributed by atoms with Crippen LogP contribution in [0.1, 0.15) is 47.0 Å².